The van der Waals surface area contributed by atoms with Crippen LogP contribution < -0.4 is 0 Å². The molecule has 0 saturated heterocycles. The van der Waals surface area contributed by atoms with Gasteiger partial charge in [-0.15, -0.1) is 0 Å². The first kappa shape index (κ1) is 21.0. The molecule has 0 aromatic rings. The second-order valence-corrected chi connectivity index (χ2v) is 5.80. The lowest BCUT2D eigenvalue weighted by Crippen LogP contribution is -2.09. The van der Waals surface area contributed by atoms with E-state index in [1.807, 2.05) is 0 Å². The van der Waals surface area contributed by atoms with Gasteiger partial charge >= 0.3 is 5.24 Å². The van der Waals surface area contributed by atoms with Crippen LogP contribution in [0, 0.1) is 10.8 Å². The monoisotopic (exact) mass is 328 g/mol. The first-order valence-corrected chi connectivity index (χ1v) is 8.99. The molecule has 0 aromatic carbocycles. The first-order chi connectivity index (χ1) is 10.8. The Morgan fingerprint density at radius 3 is 1.41 bits per heavy atom. The molecule has 22 heavy (non-hydrogen) atoms. The van der Waals surface area contributed by atoms with E-state index in [-0.39, 0.29) is 5.24 Å². The molecule has 0 atom stereocenters. The zero-order valence-corrected chi connectivity index (χ0v) is 14.6. The maximum atomic E-state index is 6.93. The molecule has 4 nitrogen and oxygen atoms in total. The molecule has 0 aliphatic carbocycles. The van der Waals surface area contributed by atoms with Crippen molar-refractivity contribution in [3.63, 3.8) is 0 Å². The molecule has 0 amide bonds. The molecule has 0 bridgehead atoms. The summed E-state index contributed by atoms with van der Waals surface area (Å²) in [6.45, 7) is 1.29. The maximum Gasteiger partial charge on any atom is 0.352 e. The number of nitrogens with one attached hydrogen (secondary N) is 2. The molecule has 0 saturated carbocycles. The standard InChI is InChI=1S/C17H32N2O2S/c18-13-9-5-1-3-7-11-15-20-17(22)21-16-12-8-4-2-6-10-14-19/h13-14,18-19H,1-12,15-16H2. The van der Waals surface area contributed by atoms with Gasteiger partial charge in [-0.1, -0.05) is 38.5 Å². The Bertz CT molecular complexity index is 260. The molecule has 2 N–H and O–H groups in total. The van der Waals surface area contributed by atoms with Crippen LogP contribution in [0.5, 0.6) is 0 Å². The lowest BCUT2D eigenvalue weighted by atomic mass is 10.1. The number of ether oxygens (including phenoxy) is 2. The quantitative estimate of drug-likeness (QED) is 0.230. The number of rotatable bonds is 16. The van der Waals surface area contributed by atoms with Gasteiger partial charge in [-0.3, -0.25) is 0 Å². The molecule has 0 aliphatic heterocycles. The molecule has 0 unspecified atom stereocenters. The van der Waals surface area contributed by atoms with Gasteiger partial charge < -0.3 is 20.3 Å². The van der Waals surface area contributed by atoms with Crippen LogP contribution in [0.3, 0.4) is 0 Å². The third-order valence-corrected chi connectivity index (χ3v) is 3.66. The average Bonchev–Trinajstić information content (AvgIpc) is 2.52. The fourth-order valence-corrected chi connectivity index (χ4v) is 2.28. The van der Waals surface area contributed by atoms with Gasteiger partial charge in [-0.05, 0) is 51.0 Å². The minimum absolute atomic E-state index is 0.285. The van der Waals surface area contributed by atoms with Crippen molar-refractivity contribution in [2.45, 2.75) is 77.0 Å². The van der Waals surface area contributed by atoms with Crippen LogP contribution >= 0.6 is 12.2 Å². The third kappa shape index (κ3) is 17.1. The van der Waals surface area contributed by atoms with Crippen molar-refractivity contribution in [1.29, 1.82) is 10.8 Å². The Morgan fingerprint density at radius 1 is 0.636 bits per heavy atom. The van der Waals surface area contributed by atoms with E-state index < -0.39 is 0 Å². The molecule has 0 aliphatic rings. The molecule has 0 aromatic heterocycles. The molecule has 5 heteroatoms. The van der Waals surface area contributed by atoms with E-state index in [4.69, 9.17) is 32.5 Å². The molecule has 0 radical (unpaired) electrons. The minimum Gasteiger partial charge on any atom is -0.457 e. The van der Waals surface area contributed by atoms with E-state index in [1.54, 1.807) is 0 Å². The van der Waals surface area contributed by atoms with Crippen molar-refractivity contribution in [1.82, 2.24) is 0 Å². The summed E-state index contributed by atoms with van der Waals surface area (Å²) in [5.41, 5.74) is 0. The number of hydrogen-bond donors (Lipinski definition) is 2. The second-order valence-electron chi connectivity index (χ2n) is 5.47. The van der Waals surface area contributed by atoms with Crippen molar-refractivity contribution in [3.8, 4) is 0 Å². The highest BCUT2D eigenvalue weighted by atomic mass is 32.1. The van der Waals surface area contributed by atoms with Crippen LogP contribution in [0.2, 0.25) is 0 Å². The zero-order chi connectivity index (χ0) is 16.3. The SMILES string of the molecule is N=CCCCCCCCOC(=S)OCCCCCCCC=N. The number of hydrogen-bond acceptors (Lipinski definition) is 5. The van der Waals surface area contributed by atoms with E-state index in [0.717, 1.165) is 51.4 Å². The molecular formula is C17H32N2O2S. The third-order valence-electron chi connectivity index (χ3n) is 3.43. The van der Waals surface area contributed by atoms with Gasteiger partial charge in [0.15, 0.2) is 0 Å². The highest BCUT2D eigenvalue weighted by Crippen LogP contribution is 2.06. The summed E-state index contributed by atoms with van der Waals surface area (Å²) < 4.78 is 10.8. The Balaban J connectivity index is 3.16. The Hall–Kier alpha value is -0.970. The predicted molar refractivity (Wildman–Crippen MR) is 97.5 cm³/mol. The van der Waals surface area contributed by atoms with Gasteiger partial charge in [0, 0.05) is 12.2 Å². The van der Waals surface area contributed by atoms with Crippen LogP contribution in [0.4, 0.5) is 0 Å². The fraction of sp³-hybridized carbons (Fsp3) is 0.824. The lowest BCUT2D eigenvalue weighted by Gasteiger charge is -2.09. The summed E-state index contributed by atoms with van der Waals surface area (Å²) in [6.07, 6.45) is 16.1. The molecule has 0 rings (SSSR count). The number of thiocarbonyl (C=S) groups is 1. The highest BCUT2D eigenvalue weighted by molar-refractivity contribution is 7.79. The van der Waals surface area contributed by atoms with Crippen LogP contribution in [0.15, 0.2) is 0 Å². The van der Waals surface area contributed by atoms with Gasteiger partial charge in [0.25, 0.3) is 0 Å². The highest BCUT2D eigenvalue weighted by Gasteiger charge is 1.99. The Labute approximate surface area is 141 Å². The van der Waals surface area contributed by atoms with Gasteiger partial charge in [0.2, 0.25) is 0 Å². The van der Waals surface area contributed by atoms with Crippen molar-refractivity contribution >= 4 is 29.9 Å². The summed E-state index contributed by atoms with van der Waals surface area (Å²) >= 11 is 5.03. The van der Waals surface area contributed by atoms with Crippen LogP contribution in [0.25, 0.3) is 0 Å². The van der Waals surface area contributed by atoms with Crippen LogP contribution in [-0.4, -0.2) is 30.9 Å². The smallest absolute Gasteiger partial charge is 0.352 e. The van der Waals surface area contributed by atoms with Crippen molar-refractivity contribution in [2.75, 3.05) is 13.2 Å². The summed E-state index contributed by atoms with van der Waals surface area (Å²) in [5, 5.41) is 14.2. The summed E-state index contributed by atoms with van der Waals surface area (Å²) in [5.74, 6) is 0. The molecule has 0 fully saturated rings. The molecule has 0 heterocycles. The molecular weight excluding hydrogens is 296 g/mol. The fourth-order valence-electron chi connectivity index (χ4n) is 2.11. The van der Waals surface area contributed by atoms with E-state index in [2.05, 4.69) is 0 Å². The topological polar surface area (TPSA) is 66.2 Å². The largest absolute Gasteiger partial charge is 0.457 e. The summed E-state index contributed by atoms with van der Waals surface area (Å²) in [6, 6.07) is 0. The van der Waals surface area contributed by atoms with Gasteiger partial charge in [0.1, 0.15) is 0 Å². The van der Waals surface area contributed by atoms with Crippen molar-refractivity contribution < 1.29 is 9.47 Å². The normalized spacial score (nSPS) is 10.2. The van der Waals surface area contributed by atoms with Gasteiger partial charge in [-0.2, -0.15) is 0 Å². The first-order valence-electron chi connectivity index (χ1n) is 8.58. The van der Waals surface area contributed by atoms with Crippen molar-refractivity contribution in [2.24, 2.45) is 0 Å². The maximum absolute atomic E-state index is 6.93. The molecule has 0 spiro atoms. The average molecular weight is 329 g/mol. The second kappa shape index (κ2) is 18.1. The zero-order valence-electron chi connectivity index (χ0n) is 13.8. The van der Waals surface area contributed by atoms with Gasteiger partial charge in [-0.25, -0.2) is 0 Å². The number of unbranched alkanes of at least 4 members (excludes halogenated alkanes) is 10. The van der Waals surface area contributed by atoms with Crippen LogP contribution in [0.1, 0.15) is 77.0 Å². The predicted octanol–water partition coefficient (Wildman–Crippen LogP) is 5.28. The Kier molecular flexibility index (Phi) is 17.3. The molecule has 128 valence electrons. The minimum atomic E-state index is 0.285. The van der Waals surface area contributed by atoms with E-state index in [1.165, 1.54) is 38.1 Å². The van der Waals surface area contributed by atoms with E-state index >= 15 is 0 Å². The van der Waals surface area contributed by atoms with Crippen molar-refractivity contribution in [3.05, 3.63) is 0 Å². The van der Waals surface area contributed by atoms with E-state index in [0.29, 0.717) is 13.2 Å². The van der Waals surface area contributed by atoms with E-state index in [9.17, 15) is 0 Å². The Morgan fingerprint density at radius 2 is 1.00 bits per heavy atom. The van der Waals surface area contributed by atoms with Gasteiger partial charge in [0.05, 0.1) is 13.2 Å². The summed E-state index contributed by atoms with van der Waals surface area (Å²) in [7, 11) is 0. The van der Waals surface area contributed by atoms with Crippen LogP contribution in [-0.2, 0) is 9.47 Å². The lowest BCUT2D eigenvalue weighted by molar-refractivity contribution is 0.171. The summed E-state index contributed by atoms with van der Waals surface area (Å²) in [4.78, 5) is 0.